The fourth-order valence-corrected chi connectivity index (χ4v) is 6.48. The van der Waals surface area contributed by atoms with E-state index in [9.17, 15) is 17.6 Å². The number of rotatable bonds is 11. The van der Waals surface area contributed by atoms with Gasteiger partial charge in [0, 0.05) is 37.8 Å². The second kappa shape index (κ2) is 13.2. The molecule has 10 nitrogen and oxygen atoms in total. The van der Waals surface area contributed by atoms with Crippen LogP contribution in [0, 0.1) is 11.7 Å². The van der Waals surface area contributed by atoms with Crippen LogP contribution in [0.4, 0.5) is 10.2 Å². The molecule has 2 heterocycles. The summed E-state index contributed by atoms with van der Waals surface area (Å²) in [6.07, 6.45) is 8.90. The van der Waals surface area contributed by atoms with Crippen LogP contribution in [0.25, 0.3) is 0 Å². The highest BCUT2D eigenvalue weighted by Gasteiger charge is 2.29. The summed E-state index contributed by atoms with van der Waals surface area (Å²) in [5, 5.41) is 3.69. The number of carbonyl (C=O) groups is 1. The van der Waals surface area contributed by atoms with E-state index in [4.69, 9.17) is 4.74 Å². The largest absolute Gasteiger partial charge is 0.451 e. The van der Waals surface area contributed by atoms with Gasteiger partial charge in [-0.25, -0.2) is 27.5 Å². The predicted octanol–water partition coefficient (Wildman–Crippen LogP) is 3.55. The van der Waals surface area contributed by atoms with Crippen LogP contribution in [0.2, 0.25) is 0 Å². The Labute approximate surface area is 236 Å². The first-order valence-electron chi connectivity index (χ1n) is 14.1. The van der Waals surface area contributed by atoms with Gasteiger partial charge in [0.25, 0.3) is 5.91 Å². The lowest BCUT2D eigenvalue weighted by atomic mass is 9.86. The Balaban J connectivity index is 1.38. The lowest BCUT2D eigenvalue weighted by Crippen LogP contribution is -2.40. The second-order valence-electron chi connectivity index (χ2n) is 11.1. The van der Waals surface area contributed by atoms with E-state index in [-0.39, 0.29) is 35.3 Å². The van der Waals surface area contributed by atoms with Gasteiger partial charge in [0.1, 0.15) is 17.9 Å². The third-order valence-electron chi connectivity index (χ3n) is 7.69. The zero-order chi connectivity index (χ0) is 28.9. The average molecular weight is 577 g/mol. The first-order chi connectivity index (χ1) is 19.0. The van der Waals surface area contributed by atoms with E-state index in [1.54, 1.807) is 11.1 Å². The van der Waals surface area contributed by atoms with Gasteiger partial charge in [-0.3, -0.25) is 4.79 Å². The standard InChI is InChI=1S/C28H41FN6O4S/c1-5-35(19(2)3)28(36)24-14-21(29)8-11-25(24)39-26-16-30-18-32-27(26)34-13-12-23(17-34)31-15-20-6-9-22(10-7-20)33-40(4,37)38/h8,11,14,16,18-20,22-23,31,33H,5-7,9-10,12-13,15,17H2,1-4H3/t20-,22-,23-/m1/s1. The molecule has 0 unspecified atom stereocenters. The Hall–Kier alpha value is -2.83. The van der Waals surface area contributed by atoms with E-state index in [0.717, 1.165) is 51.7 Å². The molecule has 0 bridgehead atoms. The summed E-state index contributed by atoms with van der Waals surface area (Å²) in [4.78, 5) is 25.7. The molecule has 1 aromatic carbocycles. The summed E-state index contributed by atoms with van der Waals surface area (Å²) in [6, 6.07) is 4.24. The van der Waals surface area contributed by atoms with Gasteiger partial charge in [0.05, 0.1) is 18.0 Å². The smallest absolute Gasteiger partial charge is 0.257 e. The number of carbonyl (C=O) groups excluding carboxylic acids is 1. The van der Waals surface area contributed by atoms with Gasteiger partial charge >= 0.3 is 0 Å². The fourth-order valence-electron chi connectivity index (χ4n) is 5.63. The zero-order valence-corrected chi connectivity index (χ0v) is 24.6. The average Bonchev–Trinajstić information content (AvgIpc) is 3.38. The summed E-state index contributed by atoms with van der Waals surface area (Å²) in [5.41, 5.74) is 0.160. The summed E-state index contributed by atoms with van der Waals surface area (Å²) < 4.78 is 46.1. The normalized spacial score (nSPS) is 21.6. The third kappa shape index (κ3) is 7.88. The van der Waals surface area contributed by atoms with Gasteiger partial charge in [-0.05, 0) is 83.5 Å². The van der Waals surface area contributed by atoms with Crippen molar-refractivity contribution >= 4 is 21.7 Å². The van der Waals surface area contributed by atoms with E-state index in [1.807, 2.05) is 20.8 Å². The Morgan fingerprint density at radius 3 is 2.60 bits per heavy atom. The number of nitrogens with one attached hydrogen (secondary N) is 2. The molecule has 1 aromatic heterocycles. The van der Waals surface area contributed by atoms with Crippen molar-refractivity contribution in [1.29, 1.82) is 0 Å². The van der Waals surface area contributed by atoms with Gasteiger partial charge in [0.15, 0.2) is 11.6 Å². The predicted molar refractivity (Wildman–Crippen MR) is 153 cm³/mol. The maximum Gasteiger partial charge on any atom is 0.257 e. The van der Waals surface area contributed by atoms with E-state index >= 15 is 0 Å². The highest BCUT2D eigenvalue weighted by Crippen LogP contribution is 2.34. The van der Waals surface area contributed by atoms with Crippen LogP contribution >= 0.6 is 0 Å². The zero-order valence-electron chi connectivity index (χ0n) is 23.8. The number of nitrogens with zero attached hydrogens (tertiary/aromatic N) is 4. The van der Waals surface area contributed by atoms with Gasteiger partial charge in [-0.15, -0.1) is 0 Å². The van der Waals surface area contributed by atoms with E-state index in [2.05, 4.69) is 24.9 Å². The molecule has 0 spiro atoms. The minimum absolute atomic E-state index is 0.0387. The van der Waals surface area contributed by atoms with E-state index in [1.165, 1.54) is 30.8 Å². The minimum atomic E-state index is -3.17. The molecule has 0 radical (unpaired) electrons. The number of aromatic nitrogens is 2. The molecule has 1 aliphatic carbocycles. The Bertz CT molecular complexity index is 1270. The Morgan fingerprint density at radius 2 is 1.93 bits per heavy atom. The highest BCUT2D eigenvalue weighted by molar-refractivity contribution is 7.88. The molecule has 1 saturated carbocycles. The van der Waals surface area contributed by atoms with Crippen molar-refractivity contribution in [2.75, 3.05) is 37.3 Å². The van der Waals surface area contributed by atoms with Crippen molar-refractivity contribution in [2.45, 2.75) is 71.0 Å². The maximum absolute atomic E-state index is 14.2. The number of benzene rings is 1. The molecule has 220 valence electrons. The van der Waals surface area contributed by atoms with Crippen LogP contribution in [0.15, 0.2) is 30.7 Å². The van der Waals surface area contributed by atoms with Crippen LogP contribution in [0.1, 0.15) is 63.2 Å². The monoisotopic (exact) mass is 576 g/mol. The van der Waals surface area contributed by atoms with Crippen LogP contribution in [-0.4, -0.2) is 79.8 Å². The number of halogens is 1. The molecule has 1 atom stereocenters. The number of hydrogen-bond acceptors (Lipinski definition) is 8. The maximum atomic E-state index is 14.2. The molecular formula is C28H41FN6O4S. The van der Waals surface area contributed by atoms with Crippen molar-refractivity contribution in [1.82, 2.24) is 24.9 Å². The number of amides is 1. The van der Waals surface area contributed by atoms with Crippen molar-refractivity contribution < 1.29 is 22.3 Å². The van der Waals surface area contributed by atoms with Crippen molar-refractivity contribution in [3.05, 3.63) is 42.1 Å². The first kappa shape index (κ1) is 30.1. The van der Waals surface area contributed by atoms with E-state index in [0.29, 0.717) is 24.0 Å². The van der Waals surface area contributed by atoms with Crippen LogP contribution in [-0.2, 0) is 10.0 Å². The molecular weight excluding hydrogens is 535 g/mol. The molecule has 2 N–H and O–H groups in total. The summed E-state index contributed by atoms with van der Waals surface area (Å²) in [5.74, 6) is 1.02. The van der Waals surface area contributed by atoms with Crippen LogP contribution < -0.4 is 19.7 Å². The number of hydrogen-bond donors (Lipinski definition) is 2. The van der Waals surface area contributed by atoms with Gasteiger partial charge in [-0.2, -0.15) is 0 Å². The van der Waals surface area contributed by atoms with Gasteiger partial charge < -0.3 is 19.9 Å². The number of ether oxygens (including phenoxy) is 1. The lowest BCUT2D eigenvalue weighted by Gasteiger charge is -2.29. The molecule has 1 aliphatic heterocycles. The number of anilines is 1. The first-order valence-corrected chi connectivity index (χ1v) is 16.0. The Kier molecular flexibility index (Phi) is 9.96. The number of sulfonamides is 1. The third-order valence-corrected chi connectivity index (χ3v) is 8.45. The molecule has 12 heteroatoms. The molecule has 4 rings (SSSR count). The highest BCUT2D eigenvalue weighted by atomic mass is 32.2. The summed E-state index contributed by atoms with van der Waals surface area (Å²) >= 11 is 0. The molecule has 1 saturated heterocycles. The van der Waals surface area contributed by atoms with Crippen molar-refractivity contribution in [3.63, 3.8) is 0 Å². The molecule has 40 heavy (non-hydrogen) atoms. The van der Waals surface area contributed by atoms with Crippen molar-refractivity contribution in [3.8, 4) is 11.5 Å². The fraction of sp³-hybridized carbons (Fsp3) is 0.607. The molecule has 1 amide bonds. The van der Waals surface area contributed by atoms with E-state index < -0.39 is 15.8 Å². The van der Waals surface area contributed by atoms with Gasteiger partial charge in [-0.1, -0.05) is 0 Å². The summed E-state index contributed by atoms with van der Waals surface area (Å²) in [7, 11) is -3.17. The van der Waals surface area contributed by atoms with Gasteiger partial charge in [0.2, 0.25) is 10.0 Å². The Morgan fingerprint density at radius 1 is 1.18 bits per heavy atom. The second-order valence-corrected chi connectivity index (χ2v) is 12.9. The molecule has 2 aliphatic rings. The van der Waals surface area contributed by atoms with Crippen molar-refractivity contribution in [2.24, 2.45) is 5.92 Å². The SMILES string of the molecule is CCN(C(=O)c1cc(F)ccc1Oc1cncnc1N1CC[C@@H](NC[C@H]2CC[C@H](NS(C)(=O)=O)CC2)C1)C(C)C. The summed E-state index contributed by atoms with van der Waals surface area (Å²) in [6.45, 7) is 8.63. The molecule has 2 aromatic rings. The van der Waals surface area contributed by atoms with Crippen LogP contribution in [0.5, 0.6) is 11.5 Å². The minimum Gasteiger partial charge on any atom is -0.451 e. The molecule has 2 fully saturated rings. The lowest BCUT2D eigenvalue weighted by molar-refractivity contribution is 0.0713. The van der Waals surface area contributed by atoms with Crippen LogP contribution in [0.3, 0.4) is 0 Å². The topological polar surface area (TPSA) is 117 Å². The quantitative estimate of drug-likeness (QED) is 0.417.